The van der Waals surface area contributed by atoms with Crippen LogP contribution in [0.5, 0.6) is 0 Å². The normalized spacial score (nSPS) is 11.5. The molecule has 1 N–H and O–H groups in total. The molecule has 9 heteroatoms. The number of fused-ring (bicyclic) bond motifs is 4. The third kappa shape index (κ3) is 2.79. The van der Waals surface area contributed by atoms with Crippen LogP contribution in [0, 0.1) is 0 Å². The number of nitrogens with one attached hydrogen (secondary N) is 1. The minimum absolute atomic E-state index is 0.0504. The maximum atomic E-state index is 12.7. The van der Waals surface area contributed by atoms with E-state index in [-0.39, 0.29) is 11.0 Å². The zero-order chi connectivity index (χ0) is 19.3. The van der Waals surface area contributed by atoms with Crippen LogP contribution in [0.4, 0.5) is 5.13 Å². The van der Waals surface area contributed by atoms with Crippen molar-refractivity contribution in [2.24, 2.45) is 0 Å². The summed E-state index contributed by atoms with van der Waals surface area (Å²) in [5, 5.41) is 3.53. The summed E-state index contributed by atoms with van der Waals surface area (Å²) in [7, 11) is 0. The van der Waals surface area contributed by atoms with E-state index in [2.05, 4.69) is 15.3 Å². The van der Waals surface area contributed by atoms with Crippen molar-refractivity contribution in [1.29, 1.82) is 0 Å². The summed E-state index contributed by atoms with van der Waals surface area (Å²) in [5.41, 5.74) is 1.73. The zero-order valence-corrected chi connectivity index (χ0v) is 16.8. The molecule has 0 aliphatic carbocycles. The van der Waals surface area contributed by atoms with Crippen molar-refractivity contribution >= 4 is 76.9 Å². The Labute approximate surface area is 170 Å². The molecule has 0 radical (unpaired) electrons. The second kappa shape index (κ2) is 6.69. The van der Waals surface area contributed by atoms with Gasteiger partial charge in [-0.1, -0.05) is 35.2 Å². The highest BCUT2D eigenvalue weighted by Gasteiger charge is 2.17. The van der Waals surface area contributed by atoms with Gasteiger partial charge in [0.15, 0.2) is 9.47 Å². The van der Waals surface area contributed by atoms with Gasteiger partial charge in [0.25, 0.3) is 5.91 Å². The summed E-state index contributed by atoms with van der Waals surface area (Å²) < 4.78 is 8.42. The van der Waals surface area contributed by atoms with Crippen LogP contribution in [0.2, 0.25) is 0 Å². The second-order valence-electron chi connectivity index (χ2n) is 5.89. The molecule has 5 aromatic rings. The first kappa shape index (κ1) is 17.4. The Morgan fingerprint density at radius 1 is 1.07 bits per heavy atom. The number of hydrogen-bond acceptors (Lipinski definition) is 8. The summed E-state index contributed by atoms with van der Waals surface area (Å²) in [6.45, 7) is 0. The Kier molecular flexibility index (Phi) is 4.15. The van der Waals surface area contributed by atoms with E-state index in [9.17, 15) is 9.59 Å². The van der Waals surface area contributed by atoms with Gasteiger partial charge in [-0.3, -0.25) is 14.9 Å². The lowest BCUT2D eigenvalue weighted by atomic mass is 10.1. The number of amides is 1. The molecule has 0 bridgehead atoms. The number of para-hydroxylation sites is 1. The van der Waals surface area contributed by atoms with Crippen molar-refractivity contribution in [2.45, 2.75) is 4.34 Å². The third-order valence-electron chi connectivity index (χ3n) is 4.21. The highest BCUT2D eigenvalue weighted by Crippen LogP contribution is 2.38. The van der Waals surface area contributed by atoms with Crippen LogP contribution in [0.25, 0.3) is 31.4 Å². The van der Waals surface area contributed by atoms with Gasteiger partial charge in [-0.25, -0.2) is 9.97 Å². The number of aromatic nitrogens is 2. The number of carbonyl (C=O) groups is 1. The van der Waals surface area contributed by atoms with Crippen LogP contribution >= 0.6 is 34.4 Å². The van der Waals surface area contributed by atoms with Gasteiger partial charge in [-0.15, -0.1) is 11.3 Å². The molecule has 6 nitrogen and oxygen atoms in total. The average molecular weight is 426 g/mol. The molecule has 0 unspecified atom stereocenters. The van der Waals surface area contributed by atoms with Crippen molar-refractivity contribution in [3.8, 4) is 0 Å². The van der Waals surface area contributed by atoms with Crippen LogP contribution in [-0.4, -0.2) is 22.1 Å². The Balaban J connectivity index is 1.54. The molecule has 0 atom stereocenters. The summed E-state index contributed by atoms with van der Waals surface area (Å²) >= 11 is 4.57. The van der Waals surface area contributed by atoms with Gasteiger partial charge in [-0.05, 0) is 30.5 Å². The largest absolute Gasteiger partial charge is 0.463 e. The molecule has 0 aliphatic heterocycles. The van der Waals surface area contributed by atoms with Gasteiger partial charge in [0.2, 0.25) is 5.43 Å². The van der Waals surface area contributed by atoms with Gasteiger partial charge in [-0.2, -0.15) is 0 Å². The summed E-state index contributed by atoms with van der Waals surface area (Å²) in [6.07, 6.45) is 3.18. The Morgan fingerprint density at radius 2 is 1.82 bits per heavy atom. The number of carbonyl (C=O) groups excluding carboxylic acids is 1. The van der Waals surface area contributed by atoms with E-state index in [1.54, 1.807) is 47.4 Å². The molecule has 3 heterocycles. The molecule has 138 valence electrons. The average Bonchev–Trinajstić information content (AvgIpc) is 3.31. The molecule has 0 aliphatic rings. The first-order valence-electron chi connectivity index (χ1n) is 8.20. The molecular weight excluding hydrogens is 414 g/mol. The van der Waals surface area contributed by atoms with Crippen LogP contribution < -0.4 is 10.7 Å². The highest BCUT2D eigenvalue weighted by molar-refractivity contribution is 8.00. The minimum Gasteiger partial charge on any atom is -0.463 e. The number of hydrogen-bond donors (Lipinski definition) is 1. The third-order valence-corrected chi connectivity index (χ3v) is 7.42. The van der Waals surface area contributed by atoms with Gasteiger partial charge >= 0.3 is 0 Å². The van der Waals surface area contributed by atoms with Crippen LogP contribution in [0.3, 0.4) is 0 Å². The van der Waals surface area contributed by atoms with Crippen LogP contribution in [0.15, 0.2) is 56.2 Å². The lowest BCUT2D eigenvalue weighted by Crippen LogP contribution is -2.21. The summed E-state index contributed by atoms with van der Waals surface area (Å²) in [4.78, 5) is 34.3. The minimum atomic E-state index is -0.538. The first-order chi connectivity index (χ1) is 13.6. The number of benzene rings is 2. The number of thioether (sulfide) groups is 1. The van der Waals surface area contributed by atoms with Crippen LogP contribution in [0.1, 0.15) is 10.4 Å². The molecule has 0 fully saturated rings. The van der Waals surface area contributed by atoms with E-state index in [1.165, 1.54) is 17.6 Å². The molecule has 0 spiro atoms. The topological polar surface area (TPSA) is 85.1 Å². The smallest absolute Gasteiger partial charge is 0.264 e. The number of rotatable bonds is 3. The predicted octanol–water partition coefficient (Wildman–Crippen LogP) is 4.99. The fraction of sp³-hybridized carbons (Fsp3) is 0.0526. The maximum Gasteiger partial charge on any atom is 0.264 e. The lowest BCUT2D eigenvalue weighted by Gasteiger charge is -2.02. The van der Waals surface area contributed by atoms with Gasteiger partial charge < -0.3 is 4.42 Å². The Hall–Kier alpha value is -2.75. The van der Waals surface area contributed by atoms with E-state index < -0.39 is 5.91 Å². The van der Waals surface area contributed by atoms with Crippen molar-refractivity contribution in [3.05, 3.63) is 58.4 Å². The number of anilines is 1. The van der Waals surface area contributed by atoms with Crippen molar-refractivity contribution < 1.29 is 9.21 Å². The molecular formula is C19H11N3O3S3. The molecule has 1 amide bonds. The maximum absolute atomic E-state index is 12.7. The number of nitrogens with zero attached hydrogens (tertiary/aromatic N) is 2. The molecule has 5 rings (SSSR count). The zero-order valence-electron chi connectivity index (χ0n) is 14.4. The summed E-state index contributed by atoms with van der Waals surface area (Å²) in [5.74, 6) is -0.538. The predicted molar refractivity (Wildman–Crippen MR) is 115 cm³/mol. The van der Waals surface area contributed by atoms with E-state index >= 15 is 0 Å². The molecule has 28 heavy (non-hydrogen) atoms. The van der Waals surface area contributed by atoms with Gasteiger partial charge in [0.1, 0.15) is 17.4 Å². The van der Waals surface area contributed by atoms with E-state index in [1.807, 2.05) is 18.4 Å². The second-order valence-corrected chi connectivity index (χ2v) is 8.95. The fourth-order valence-corrected chi connectivity index (χ4v) is 5.55. The van der Waals surface area contributed by atoms with Gasteiger partial charge in [0, 0.05) is 0 Å². The summed E-state index contributed by atoms with van der Waals surface area (Å²) in [6, 6.07) is 10.6. The molecule has 0 saturated carbocycles. The fourth-order valence-electron chi connectivity index (χ4n) is 2.89. The van der Waals surface area contributed by atoms with E-state index in [4.69, 9.17) is 4.42 Å². The Bertz CT molecular complexity index is 1430. The quantitative estimate of drug-likeness (QED) is 0.410. The Morgan fingerprint density at radius 3 is 2.64 bits per heavy atom. The monoisotopic (exact) mass is 425 g/mol. The molecule has 3 aromatic heterocycles. The highest BCUT2D eigenvalue weighted by atomic mass is 32.2. The van der Waals surface area contributed by atoms with Gasteiger partial charge in [0.05, 0.1) is 25.8 Å². The number of thiazole rings is 2. The van der Waals surface area contributed by atoms with Crippen molar-refractivity contribution in [1.82, 2.24) is 9.97 Å². The van der Waals surface area contributed by atoms with E-state index in [0.717, 1.165) is 24.8 Å². The molecule has 2 aromatic carbocycles. The van der Waals surface area contributed by atoms with Crippen molar-refractivity contribution in [3.63, 3.8) is 0 Å². The standard InChI is InChI=1S/C19H11N3O3S3/c1-26-19-21-12-7-6-11-15(16(12)28-19)27-18(20-11)22-17(24)10-8-25-13-5-3-2-4-9(13)14(10)23/h2-8H,1H3,(H,20,22,24). The van der Waals surface area contributed by atoms with Crippen LogP contribution in [-0.2, 0) is 0 Å². The first-order valence-corrected chi connectivity index (χ1v) is 11.1. The molecule has 0 saturated heterocycles. The van der Waals surface area contributed by atoms with Crippen molar-refractivity contribution in [2.75, 3.05) is 11.6 Å². The lowest BCUT2D eigenvalue weighted by molar-refractivity contribution is 0.102. The SMILES string of the molecule is CSc1nc2ccc3nc(NC(=O)c4coc5ccccc5c4=O)sc3c2s1. The van der Waals surface area contributed by atoms with E-state index in [0.29, 0.717) is 16.1 Å².